The summed E-state index contributed by atoms with van der Waals surface area (Å²) in [6.45, 7) is -5.01. The number of hydrogen-bond donors (Lipinski definition) is 0. The third-order valence-electron chi connectivity index (χ3n) is 1.46. The number of halogens is 5. The van der Waals surface area contributed by atoms with Gasteiger partial charge in [-0.25, -0.2) is 4.39 Å². The second-order valence-corrected chi connectivity index (χ2v) is 3.09. The Balaban J connectivity index is 0.00000169. The molecule has 0 aliphatic rings. The van der Waals surface area contributed by atoms with E-state index < -0.39 is 24.7 Å². The maximum atomic E-state index is 12.8. The van der Waals surface area contributed by atoms with E-state index in [0.29, 0.717) is 0 Å². The van der Waals surface area contributed by atoms with Crippen molar-refractivity contribution in [2.24, 2.45) is 0 Å². The standard InChI is InChI=1S/C7H5BClF4.K/c9-6-1-2-7(10)5(3-6)4-8(11,12)13;/h1-3H,4H2;/q-1;+1. The Bertz CT molecular complexity index is 315. The smallest absolute Gasteiger partial charge is 0.449 e. The van der Waals surface area contributed by atoms with Gasteiger partial charge in [0.05, 0.1) is 0 Å². The van der Waals surface area contributed by atoms with Crippen LogP contribution in [0.3, 0.4) is 0 Å². The van der Waals surface area contributed by atoms with Gasteiger partial charge in [0, 0.05) is 5.02 Å². The van der Waals surface area contributed by atoms with E-state index in [0.717, 1.165) is 12.1 Å². The van der Waals surface area contributed by atoms with E-state index in [-0.39, 0.29) is 56.4 Å². The molecule has 0 aliphatic heterocycles. The monoisotopic (exact) mass is 250 g/mol. The Hall–Kier alpha value is 0.931. The molecule has 0 aromatic heterocycles. The van der Waals surface area contributed by atoms with E-state index >= 15 is 0 Å². The number of benzene rings is 1. The predicted molar refractivity (Wildman–Crippen MR) is 44.2 cm³/mol. The molecule has 0 amide bonds. The van der Waals surface area contributed by atoms with Crippen LogP contribution in [0.2, 0.25) is 5.02 Å². The summed E-state index contributed by atoms with van der Waals surface area (Å²) in [5, 5.41) is 0.108. The quantitative estimate of drug-likeness (QED) is 0.527. The molecule has 0 radical (unpaired) electrons. The predicted octanol–water partition coefficient (Wildman–Crippen LogP) is 0.412. The van der Waals surface area contributed by atoms with Gasteiger partial charge < -0.3 is 12.9 Å². The summed E-state index contributed by atoms with van der Waals surface area (Å²) in [6.07, 6.45) is -1.23. The molecule has 1 aromatic carbocycles. The molecule has 0 saturated heterocycles. The second kappa shape index (κ2) is 5.86. The summed E-state index contributed by atoms with van der Waals surface area (Å²) >= 11 is 5.42. The SMILES string of the molecule is Fc1ccc(Cl)cc1C[B-](F)(F)F.[K+]. The van der Waals surface area contributed by atoms with Crippen molar-refractivity contribution < 1.29 is 68.7 Å². The molecule has 0 aliphatic carbocycles. The Morgan fingerprint density at radius 3 is 2.29 bits per heavy atom. The summed E-state index contributed by atoms with van der Waals surface area (Å²) in [6, 6.07) is 3.13. The Labute approximate surface area is 126 Å². The van der Waals surface area contributed by atoms with Crippen molar-refractivity contribution >= 4 is 18.6 Å². The molecule has 0 atom stereocenters. The first-order valence-corrected chi connectivity index (χ1v) is 3.91. The molecule has 14 heavy (non-hydrogen) atoms. The van der Waals surface area contributed by atoms with Crippen LogP contribution >= 0.6 is 11.6 Å². The summed E-state index contributed by atoms with van der Waals surface area (Å²) in [4.78, 5) is 0. The summed E-state index contributed by atoms with van der Waals surface area (Å²) < 4.78 is 48.5. The van der Waals surface area contributed by atoms with Gasteiger partial charge in [0.25, 0.3) is 0 Å². The molecule has 0 heterocycles. The van der Waals surface area contributed by atoms with Crippen LogP contribution in [0.15, 0.2) is 18.2 Å². The van der Waals surface area contributed by atoms with E-state index in [4.69, 9.17) is 11.6 Å². The van der Waals surface area contributed by atoms with Crippen molar-refractivity contribution in [3.63, 3.8) is 0 Å². The van der Waals surface area contributed by atoms with Crippen molar-refractivity contribution in [3.05, 3.63) is 34.6 Å². The summed E-state index contributed by atoms with van der Waals surface area (Å²) in [7, 11) is 0. The molecule has 0 unspecified atom stereocenters. The van der Waals surface area contributed by atoms with Crippen LogP contribution in [0.1, 0.15) is 5.56 Å². The fourth-order valence-electron chi connectivity index (χ4n) is 0.949. The van der Waals surface area contributed by atoms with Crippen LogP contribution in [-0.4, -0.2) is 6.98 Å². The first kappa shape index (κ1) is 14.9. The van der Waals surface area contributed by atoms with E-state index in [9.17, 15) is 17.3 Å². The van der Waals surface area contributed by atoms with Gasteiger partial charge in [0.15, 0.2) is 0 Å². The largest absolute Gasteiger partial charge is 1.00 e. The van der Waals surface area contributed by atoms with Gasteiger partial charge in [-0.2, -0.15) is 0 Å². The molecule has 0 spiro atoms. The van der Waals surface area contributed by atoms with Gasteiger partial charge in [0.1, 0.15) is 5.82 Å². The third kappa shape index (κ3) is 5.14. The molecule has 1 aromatic rings. The van der Waals surface area contributed by atoms with Gasteiger partial charge in [-0.15, -0.1) is 0 Å². The van der Waals surface area contributed by atoms with Crippen LogP contribution in [-0.2, 0) is 6.32 Å². The van der Waals surface area contributed by atoms with Crippen LogP contribution in [0.25, 0.3) is 0 Å². The molecule has 0 nitrogen and oxygen atoms in total. The maximum Gasteiger partial charge on any atom is 1.00 e. The number of rotatable bonds is 2. The zero-order valence-corrected chi connectivity index (χ0v) is 11.3. The van der Waals surface area contributed by atoms with Crippen LogP contribution < -0.4 is 51.4 Å². The average Bonchev–Trinajstić information content (AvgIpc) is 1.94. The van der Waals surface area contributed by atoms with Crippen molar-refractivity contribution in [2.75, 3.05) is 0 Å². The normalized spacial score (nSPS) is 10.9. The van der Waals surface area contributed by atoms with Crippen molar-refractivity contribution in [1.82, 2.24) is 0 Å². The third-order valence-corrected chi connectivity index (χ3v) is 1.69. The molecular weight excluding hydrogens is 245 g/mol. The minimum absolute atomic E-state index is 0. The molecule has 7 heteroatoms. The summed E-state index contributed by atoms with van der Waals surface area (Å²) in [5.41, 5.74) is -0.403. The Morgan fingerprint density at radius 2 is 1.79 bits per heavy atom. The van der Waals surface area contributed by atoms with Gasteiger partial charge in [-0.3, -0.25) is 0 Å². The topological polar surface area (TPSA) is 0 Å². The van der Waals surface area contributed by atoms with Crippen LogP contribution in [0.5, 0.6) is 0 Å². The van der Waals surface area contributed by atoms with Crippen LogP contribution in [0.4, 0.5) is 17.3 Å². The van der Waals surface area contributed by atoms with Gasteiger partial charge in [-0.05, 0) is 23.8 Å². The van der Waals surface area contributed by atoms with Gasteiger partial charge in [0.2, 0.25) is 0 Å². The molecule has 0 saturated carbocycles. The van der Waals surface area contributed by atoms with E-state index in [1.165, 1.54) is 6.07 Å². The molecule has 0 bridgehead atoms. The fraction of sp³-hybridized carbons (Fsp3) is 0.143. The first-order valence-electron chi connectivity index (χ1n) is 3.53. The average molecular weight is 250 g/mol. The second-order valence-electron chi connectivity index (χ2n) is 2.65. The van der Waals surface area contributed by atoms with E-state index in [1.54, 1.807) is 0 Å². The Kier molecular flexibility index (Phi) is 6.25. The first-order chi connectivity index (χ1) is 5.88. The fourth-order valence-corrected chi connectivity index (χ4v) is 1.14. The molecule has 0 N–H and O–H groups in total. The molecule has 1 rings (SSSR count). The minimum Gasteiger partial charge on any atom is -0.449 e. The van der Waals surface area contributed by atoms with E-state index in [2.05, 4.69) is 0 Å². The molecule has 72 valence electrons. The summed E-state index contributed by atoms with van der Waals surface area (Å²) in [5.74, 6) is -0.872. The van der Waals surface area contributed by atoms with Crippen molar-refractivity contribution in [2.45, 2.75) is 6.32 Å². The van der Waals surface area contributed by atoms with E-state index in [1.807, 2.05) is 0 Å². The van der Waals surface area contributed by atoms with Crippen LogP contribution in [0, 0.1) is 5.82 Å². The van der Waals surface area contributed by atoms with Gasteiger partial charge in [-0.1, -0.05) is 17.9 Å². The molecule has 0 fully saturated rings. The van der Waals surface area contributed by atoms with Gasteiger partial charge >= 0.3 is 58.4 Å². The van der Waals surface area contributed by atoms with Crippen molar-refractivity contribution in [3.8, 4) is 0 Å². The minimum atomic E-state index is -5.01. The maximum absolute atomic E-state index is 12.8. The zero-order valence-electron chi connectivity index (χ0n) is 7.41. The number of hydrogen-bond acceptors (Lipinski definition) is 0. The zero-order chi connectivity index (χ0) is 10.1. The Morgan fingerprint density at radius 1 is 1.21 bits per heavy atom. The van der Waals surface area contributed by atoms with Crippen molar-refractivity contribution in [1.29, 1.82) is 0 Å². The molecular formula is C7H5BClF4K.